The summed E-state index contributed by atoms with van der Waals surface area (Å²) in [5, 5.41) is 6.48. The van der Waals surface area contributed by atoms with Gasteiger partial charge in [0, 0.05) is 12.6 Å². The summed E-state index contributed by atoms with van der Waals surface area (Å²) in [6.07, 6.45) is 5.90. The summed E-state index contributed by atoms with van der Waals surface area (Å²) in [5.74, 6) is 0.0902. The number of halogens is 1. The van der Waals surface area contributed by atoms with Crippen molar-refractivity contribution in [1.82, 2.24) is 15.3 Å². The highest BCUT2D eigenvalue weighted by Crippen LogP contribution is 2.08. The van der Waals surface area contributed by atoms with Gasteiger partial charge in [0.2, 0.25) is 5.95 Å². The molecule has 0 amide bonds. The summed E-state index contributed by atoms with van der Waals surface area (Å²) < 4.78 is 12.5. The van der Waals surface area contributed by atoms with Crippen LogP contribution in [0.5, 0.6) is 0 Å². The van der Waals surface area contributed by atoms with E-state index in [1.165, 1.54) is 25.2 Å². The van der Waals surface area contributed by atoms with E-state index in [1.54, 1.807) is 0 Å². The molecule has 4 nitrogen and oxygen atoms in total. The lowest BCUT2D eigenvalue weighted by Gasteiger charge is -2.10. The molecule has 15 heavy (non-hydrogen) atoms. The maximum Gasteiger partial charge on any atom is 0.222 e. The highest BCUT2D eigenvalue weighted by molar-refractivity contribution is 5.22. The molecular weight excluding hydrogens is 195 g/mol. The number of aromatic nitrogens is 2. The Balaban J connectivity index is 1.71. The van der Waals surface area contributed by atoms with Crippen molar-refractivity contribution in [1.29, 1.82) is 0 Å². The molecule has 2 N–H and O–H groups in total. The van der Waals surface area contributed by atoms with Crippen molar-refractivity contribution < 1.29 is 4.39 Å². The average molecular weight is 210 g/mol. The third-order valence-electron chi connectivity index (χ3n) is 2.56. The van der Waals surface area contributed by atoms with Crippen LogP contribution < -0.4 is 10.6 Å². The van der Waals surface area contributed by atoms with E-state index in [0.29, 0.717) is 12.0 Å². The van der Waals surface area contributed by atoms with Crippen molar-refractivity contribution >= 4 is 5.95 Å². The van der Waals surface area contributed by atoms with Crippen LogP contribution in [0.4, 0.5) is 10.3 Å². The smallest absolute Gasteiger partial charge is 0.222 e. The van der Waals surface area contributed by atoms with Crippen LogP contribution in [0.2, 0.25) is 0 Å². The van der Waals surface area contributed by atoms with E-state index < -0.39 is 5.82 Å². The van der Waals surface area contributed by atoms with E-state index in [1.807, 2.05) is 0 Å². The Morgan fingerprint density at radius 3 is 2.93 bits per heavy atom. The maximum absolute atomic E-state index is 12.5. The SMILES string of the molecule is Fc1cnc(NCC[C@H]2CCCN2)nc1. The minimum Gasteiger partial charge on any atom is -0.354 e. The van der Waals surface area contributed by atoms with Gasteiger partial charge < -0.3 is 10.6 Å². The summed E-state index contributed by atoms with van der Waals surface area (Å²) in [6.45, 7) is 1.95. The second kappa shape index (κ2) is 5.02. The molecule has 1 fully saturated rings. The van der Waals surface area contributed by atoms with Gasteiger partial charge >= 0.3 is 0 Å². The van der Waals surface area contributed by atoms with E-state index in [0.717, 1.165) is 19.5 Å². The summed E-state index contributed by atoms with van der Waals surface area (Å²) in [7, 11) is 0. The van der Waals surface area contributed by atoms with Crippen molar-refractivity contribution in [2.24, 2.45) is 0 Å². The second-order valence-corrected chi connectivity index (χ2v) is 3.73. The van der Waals surface area contributed by atoms with Crippen LogP contribution in [0.15, 0.2) is 12.4 Å². The van der Waals surface area contributed by atoms with Gasteiger partial charge in [-0.15, -0.1) is 0 Å². The van der Waals surface area contributed by atoms with Crippen molar-refractivity contribution in [2.75, 3.05) is 18.4 Å². The van der Waals surface area contributed by atoms with Crippen LogP contribution in [0.1, 0.15) is 19.3 Å². The number of rotatable bonds is 4. The molecule has 82 valence electrons. The van der Waals surface area contributed by atoms with Crippen molar-refractivity contribution in [2.45, 2.75) is 25.3 Å². The predicted molar refractivity (Wildman–Crippen MR) is 56.1 cm³/mol. The van der Waals surface area contributed by atoms with Crippen LogP contribution in [-0.2, 0) is 0 Å². The molecule has 0 spiro atoms. The van der Waals surface area contributed by atoms with Crippen molar-refractivity contribution in [3.8, 4) is 0 Å². The van der Waals surface area contributed by atoms with E-state index >= 15 is 0 Å². The minimum atomic E-state index is -0.405. The van der Waals surface area contributed by atoms with Gasteiger partial charge in [-0.1, -0.05) is 0 Å². The lowest BCUT2D eigenvalue weighted by atomic mass is 10.1. The van der Waals surface area contributed by atoms with Crippen LogP contribution in [0.25, 0.3) is 0 Å². The van der Waals surface area contributed by atoms with Gasteiger partial charge in [-0.25, -0.2) is 14.4 Å². The largest absolute Gasteiger partial charge is 0.354 e. The third-order valence-corrected chi connectivity index (χ3v) is 2.56. The van der Waals surface area contributed by atoms with Crippen LogP contribution >= 0.6 is 0 Å². The summed E-state index contributed by atoms with van der Waals surface area (Å²) in [5.41, 5.74) is 0. The van der Waals surface area contributed by atoms with E-state index in [4.69, 9.17) is 0 Å². The number of hydrogen-bond acceptors (Lipinski definition) is 4. The first-order valence-corrected chi connectivity index (χ1v) is 5.29. The van der Waals surface area contributed by atoms with Gasteiger partial charge in [0.15, 0.2) is 5.82 Å². The molecule has 1 aliphatic rings. The van der Waals surface area contributed by atoms with E-state index in [2.05, 4.69) is 20.6 Å². The molecule has 1 aliphatic heterocycles. The Kier molecular flexibility index (Phi) is 3.45. The molecule has 5 heteroatoms. The zero-order valence-corrected chi connectivity index (χ0v) is 8.54. The number of nitrogens with zero attached hydrogens (tertiary/aromatic N) is 2. The minimum absolute atomic E-state index is 0.405. The van der Waals surface area contributed by atoms with Crippen LogP contribution in [0.3, 0.4) is 0 Å². The highest BCUT2D eigenvalue weighted by atomic mass is 19.1. The fraction of sp³-hybridized carbons (Fsp3) is 0.600. The van der Waals surface area contributed by atoms with Crippen LogP contribution in [-0.4, -0.2) is 29.1 Å². The number of nitrogens with one attached hydrogen (secondary N) is 2. The Morgan fingerprint density at radius 1 is 1.47 bits per heavy atom. The molecule has 1 aromatic rings. The predicted octanol–water partition coefficient (Wildman–Crippen LogP) is 1.17. The molecule has 1 aromatic heterocycles. The molecule has 0 radical (unpaired) electrons. The highest BCUT2D eigenvalue weighted by Gasteiger charge is 2.12. The summed E-state index contributed by atoms with van der Waals surface area (Å²) in [4.78, 5) is 7.65. The molecule has 0 bridgehead atoms. The van der Waals surface area contributed by atoms with Crippen molar-refractivity contribution in [3.05, 3.63) is 18.2 Å². The second-order valence-electron chi connectivity index (χ2n) is 3.73. The lowest BCUT2D eigenvalue weighted by Crippen LogP contribution is -2.24. The first-order valence-electron chi connectivity index (χ1n) is 5.29. The fourth-order valence-electron chi connectivity index (χ4n) is 1.76. The molecule has 2 heterocycles. The third kappa shape index (κ3) is 3.13. The summed E-state index contributed by atoms with van der Waals surface area (Å²) >= 11 is 0. The van der Waals surface area contributed by atoms with Gasteiger partial charge in [0.25, 0.3) is 0 Å². The molecule has 1 saturated heterocycles. The average Bonchev–Trinajstić information content (AvgIpc) is 2.74. The molecule has 1 atom stereocenters. The molecule has 0 saturated carbocycles. The van der Waals surface area contributed by atoms with Crippen molar-refractivity contribution in [3.63, 3.8) is 0 Å². The van der Waals surface area contributed by atoms with Gasteiger partial charge in [-0.05, 0) is 25.8 Å². The Hall–Kier alpha value is -1.23. The standard InChI is InChI=1S/C10H15FN4/c11-8-6-14-10(15-7-8)13-5-3-9-2-1-4-12-9/h6-7,9,12H,1-5H2,(H,13,14,15)/t9-/m1/s1. The molecule has 2 rings (SSSR count). The van der Waals surface area contributed by atoms with E-state index in [9.17, 15) is 4.39 Å². The zero-order chi connectivity index (χ0) is 10.5. The van der Waals surface area contributed by atoms with Crippen LogP contribution in [0, 0.1) is 5.82 Å². The van der Waals surface area contributed by atoms with Gasteiger partial charge in [-0.2, -0.15) is 0 Å². The van der Waals surface area contributed by atoms with Gasteiger partial charge in [-0.3, -0.25) is 0 Å². The molecule has 0 unspecified atom stereocenters. The first kappa shape index (κ1) is 10.3. The van der Waals surface area contributed by atoms with Gasteiger partial charge in [0.05, 0.1) is 12.4 Å². The van der Waals surface area contributed by atoms with Gasteiger partial charge in [0.1, 0.15) is 0 Å². The molecular formula is C10H15FN4. The number of hydrogen-bond donors (Lipinski definition) is 2. The Labute approximate surface area is 88.3 Å². The number of anilines is 1. The topological polar surface area (TPSA) is 49.8 Å². The Morgan fingerprint density at radius 2 is 2.27 bits per heavy atom. The maximum atomic E-state index is 12.5. The quantitative estimate of drug-likeness (QED) is 0.783. The first-order chi connectivity index (χ1) is 7.34. The molecule has 0 aromatic carbocycles. The summed E-state index contributed by atoms with van der Waals surface area (Å²) in [6, 6.07) is 0.609. The zero-order valence-electron chi connectivity index (χ0n) is 8.54. The normalized spacial score (nSPS) is 20.5. The van der Waals surface area contributed by atoms with E-state index in [-0.39, 0.29) is 0 Å². The lowest BCUT2D eigenvalue weighted by molar-refractivity contribution is 0.573. The molecule has 0 aliphatic carbocycles. The monoisotopic (exact) mass is 210 g/mol. The fourth-order valence-corrected chi connectivity index (χ4v) is 1.76. The Bertz CT molecular complexity index is 295.